The van der Waals surface area contributed by atoms with Crippen LogP contribution in [0.5, 0.6) is 0 Å². The second-order valence-electron chi connectivity index (χ2n) is 3.48. The number of benzene rings is 1. The van der Waals surface area contributed by atoms with Gasteiger partial charge in [-0.25, -0.2) is 4.68 Å². The smallest absolute Gasteiger partial charge is 0.113 e. The van der Waals surface area contributed by atoms with Crippen molar-refractivity contribution in [3.05, 3.63) is 48.7 Å². The topological polar surface area (TPSA) is 30.7 Å². The lowest BCUT2D eigenvalue weighted by Crippen LogP contribution is -1.94. The zero-order valence-corrected chi connectivity index (χ0v) is 8.72. The third kappa shape index (κ3) is 2.13. The van der Waals surface area contributed by atoms with Crippen molar-refractivity contribution in [3.8, 4) is 11.3 Å². The van der Waals surface area contributed by atoms with Crippen LogP contribution in [0.2, 0.25) is 0 Å². The predicted molar refractivity (Wildman–Crippen MR) is 60.4 cm³/mol. The van der Waals surface area contributed by atoms with Crippen molar-refractivity contribution in [2.75, 3.05) is 0 Å². The van der Waals surface area contributed by atoms with Gasteiger partial charge in [0.25, 0.3) is 0 Å². The number of allylic oxidation sites excluding steroid dienone is 1. The minimum Gasteiger partial charge on any atom is -0.248 e. The monoisotopic (exact) mass is 199 g/mol. The van der Waals surface area contributed by atoms with E-state index in [2.05, 4.69) is 48.1 Å². The summed E-state index contributed by atoms with van der Waals surface area (Å²) >= 11 is 0. The van der Waals surface area contributed by atoms with E-state index in [1.165, 1.54) is 5.56 Å². The van der Waals surface area contributed by atoms with Crippen LogP contribution >= 0.6 is 0 Å². The van der Waals surface area contributed by atoms with Gasteiger partial charge in [0.15, 0.2) is 0 Å². The summed E-state index contributed by atoms with van der Waals surface area (Å²) in [5.41, 5.74) is 3.24. The molecule has 0 unspecified atom stereocenters. The van der Waals surface area contributed by atoms with Gasteiger partial charge in [0.05, 0.1) is 12.7 Å². The van der Waals surface area contributed by atoms with Crippen molar-refractivity contribution in [2.45, 2.75) is 13.5 Å². The predicted octanol–water partition coefficient (Wildman–Crippen LogP) is 2.44. The second-order valence-corrected chi connectivity index (χ2v) is 3.48. The molecule has 15 heavy (non-hydrogen) atoms. The molecule has 3 heteroatoms. The summed E-state index contributed by atoms with van der Waals surface area (Å²) < 4.78 is 1.77. The lowest BCUT2D eigenvalue weighted by molar-refractivity contribution is 0.662. The lowest BCUT2D eigenvalue weighted by Gasteiger charge is -1.95. The van der Waals surface area contributed by atoms with Gasteiger partial charge in [0.1, 0.15) is 5.69 Å². The average Bonchev–Trinajstić information content (AvgIpc) is 2.68. The Morgan fingerprint density at radius 1 is 1.33 bits per heavy atom. The van der Waals surface area contributed by atoms with Gasteiger partial charge in [0, 0.05) is 5.56 Å². The Kier molecular flexibility index (Phi) is 2.63. The molecule has 0 bridgehead atoms. The summed E-state index contributed by atoms with van der Waals surface area (Å²) in [6.07, 6.45) is 3.72. The summed E-state index contributed by atoms with van der Waals surface area (Å²) in [5.74, 6) is 0. The van der Waals surface area contributed by atoms with Crippen molar-refractivity contribution in [3.63, 3.8) is 0 Å². The van der Waals surface area contributed by atoms with Gasteiger partial charge in [-0.1, -0.05) is 41.1 Å². The van der Waals surface area contributed by atoms with E-state index in [0.717, 1.165) is 11.3 Å². The standard InChI is InChI=1S/C12H13N3/c1-3-8-15-9-12(13-14-15)11-6-4-10(2)5-7-11/h3-7,9H,1,8H2,2H3. The van der Waals surface area contributed by atoms with Crippen LogP contribution < -0.4 is 0 Å². The van der Waals surface area contributed by atoms with E-state index in [1.54, 1.807) is 10.8 Å². The molecule has 0 saturated carbocycles. The van der Waals surface area contributed by atoms with E-state index >= 15 is 0 Å². The molecule has 0 aliphatic rings. The highest BCUT2D eigenvalue weighted by atomic mass is 15.4. The Morgan fingerprint density at radius 3 is 2.73 bits per heavy atom. The number of hydrogen-bond acceptors (Lipinski definition) is 2. The van der Waals surface area contributed by atoms with Crippen molar-refractivity contribution >= 4 is 0 Å². The van der Waals surface area contributed by atoms with Crippen molar-refractivity contribution in [1.29, 1.82) is 0 Å². The summed E-state index contributed by atoms with van der Waals surface area (Å²) in [5, 5.41) is 8.10. The summed E-state index contributed by atoms with van der Waals surface area (Å²) in [7, 11) is 0. The van der Waals surface area contributed by atoms with Crippen LogP contribution in [0.1, 0.15) is 5.56 Å². The summed E-state index contributed by atoms with van der Waals surface area (Å²) in [6, 6.07) is 8.25. The number of hydrogen-bond donors (Lipinski definition) is 0. The van der Waals surface area contributed by atoms with E-state index in [9.17, 15) is 0 Å². The molecule has 0 amide bonds. The van der Waals surface area contributed by atoms with Gasteiger partial charge >= 0.3 is 0 Å². The molecule has 0 atom stereocenters. The molecule has 1 aromatic heterocycles. The first-order valence-corrected chi connectivity index (χ1v) is 4.87. The highest BCUT2D eigenvalue weighted by molar-refractivity contribution is 5.57. The maximum Gasteiger partial charge on any atom is 0.113 e. The Morgan fingerprint density at radius 2 is 2.07 bits per heavy atom. The molecule has 2 aromatic rings. The third-order valence-corrected chi connectivity index (χ3v) is 2.20. The SMILES string of the molecule is C=CCn1cc(-c2ccc(C)cc2)nn1. The minimum absolute atomic E-state index is 0.693. The largest absolute Gasteiger partial charge is 0.248 e. The Balaban J connectivity index is 2.28. The first-order chi connectivity index (χ1) is 7.29. The zero-order valence-electron chi connectivity index (χ0n) is 8.72. The van der Waals surface area contributed by atoms with Crippen LogP contribution in [0, 0.1) is 6.92 Å². The molecule has 0 aliphatic carbocycles. The summed E-state index contributed by atoms with van der Waals surface area (Å²) in [6.45, 7) is 6.42. The minimum atomic E-state index is 0.693. The number of aryl methyl sites for hydroxylation is 1. The normalized spacial score (nSPS) is 10.2. The molecule has 0 fully saturated rings. The third-order valence-electron chi connectivity index (χ3n) is 2.20. The van der Waals surface area contributed by atoms with E-state index in [1.807, 2.05) is 6.20 Å². The van der Waals surface area contributed by atoms with Gasteiger partial charge in [-0.3, -0.25) is 0 Å². The van der Waals surface area contributed by atoms with Crippen LogP contribution in [0.25, 0.3) is 11.3 Å². The fourth-order valence-electron chi connectivity index (χ4n) is 1.38. The molecule has 0 radical (unpaired) electrons. The Bertz CT molecular complexity index is 454. The number of nitrogens with zero attached hydrogens (tertiary/aromatic N) is 3. The molecule has 0 aliphatic heterocycles. The maximum absolute atomic E-state index is 4.10. The molecule has 0 N–H and O–H groups in total. The van der Waals surface area contributed by atoms with Crippen molar-refractivity contribution in [1.82, 2.24) is 15.0 Å². The highest BCUT2D eigenvalue weighted by Crippen LogP contribution is 2.16. The first kappa shape index (κ1) is 9.65. The van der Waals surface area contributed by atoms with Gasteiger partial charge in [-0.15, -0.1) is 11.7 Å². The molecule has 2 rings (SSSR count). The molecular formula is C12H13N3. The van der Waals surface area contributed by atoms with Gasteiger partial charge in [0.2, 0.25) is 0 Å². The van der Waals surface area contributed by atoms with Crippen LogP contribution in [-0.2, 0) is 6.54 Å². The van der Waals surface area contributed by atoms with E-state index in [0.29, 0.717) is 6.54 Å². The molecule has 3 nitrogen and oxygen atoms in total. The molecule has 76 valence electrons. The van der Waals surface area contributed by atoms with E-state index in [4.69, 9.17) is 0 Å². The summed E-state index contributed by atoms with van der Waals surface area (Å²) in [4.78, 5) is 0. The molecule has 1 heterocycles. The Hall–Kier alpha value is -1.90. The molecular weight excluding hydrogens is 186 g/mol. The molecule has 1 aromatic carbocycles. The quantitative estimate of drug-likeness (QED) is 0.711. The van der Waals surface area contributed by atoms with Gasteiger partial charge in [-0.2, -0.15) is 0 Å². The first-order valence-electron chi connectivity index (χ1n) is 4.87. The van der Waals surface area contributed by atoms with Crippen LogP contribution in [-0.4, -0.2) is 15.0 Å². The number of rotatable bonds is 3. The highest BCUT2D eigenvalue weighted by Gasteiger charge is 2.01. The lowest BCUT2D eigenvalue weighted by atomic mass is 10.1. The van der Waals surface area contributed by atoms with E-state index in [-0.39, 0.29) is 0 Å². The fourth-order valence-corrected chi connectivity index (χ4v) is 1.38. The zero-order chi connectivity index (χ0) is 10.7. The van der Waals surface area contributed by atoms with E-state index < -0.39 is 0 Å². The van der Waals surface area contributed by atoms with Gasteiger partial charge < -0.3 is 0 Å². The Labute approximate surface area is 89.1 Å². The maximum atomic E-state index is 4.10. The van der Waals surface area contributed by atoms with Crippen LogP contribution in [0.4, 0.5) is 0 Å². The van der Waals surface area contributed by atoms with Crippen LogP contribution in [0.3, 0.4) is 0 Å². The molecule has 0 spiro atoms. The van der Waals surface area contributed by atoms with Crippen molar-refractivity contribution in [2.24, 2.45) is 0 Å². The average molecular weight is 199 g/mol. The number of aromatic nitrogens is 3. The fraction of sp³-hybridized carbons (Fsp3) is 0.167. The van der Waals surface area contributed by atoms with Crippen LogP contribution in [0.15, 0.2) is 43.1 Å². The molecule has 0 saturated heterocycles. The van der Waals surface area contributed by atoms with Crippen molar-refractivity contribution < 1.29 is 0 Å². The van der Waals surface area contributed by atoms with Gasteiger partial charge in [-0.05, 0) is 6.92 Å². The second kappa shape index (κ2) is 4.09.